The molecule has 1 aromatic rings. The van der Waals surface area contributed by atoms with Gasteiger partial charge in [-0.25, -0.2) is 4.68 Å². The van der Waals surface area contributed by atoms with E-state index in [4.69, 9.17) is 4.74 Å². The lowest BCUT2D eigenvalue weighted by Gasteiger charge is -2.15. The summed E-state index contributed by atoms with van der Waals surface area (Å²) in [6.07, 6.45) is 0. The molecule has 0 bridgehead atoms. The number of rotatable bonds is 5. The highest BCUT2D eigenvalue weighted by Crippen LogP contribution is 2.08. The zero-order chi connectivity index (χ0) is 11.5. The second-order valence-electron chi connectivity index (χ2n) is 5.27. The van der Waals surface area contributed by atoms with Crippen LogP contribution < -0.4 is 0 Å². The van der Waals surface area contributed by atoms with Gasteiger partial charge in [-0.05, 0) is 26.0 Å². The first-order chi connectivity index (χ1) is 6.88. The quantitative estimate of drug-likeness (QED) is 0.570. The summed E-state index contributed by atoms with van der Waals surface area (Å²) < 4.78 is 7.54. The fraction of sp³-hybridized carbons (Fsp3) is 0.727. The van der Waals surface area contributed by atoms with E-state index < -0.39 is 8.07 Å². The van der Waals surface area contributed by atoms with Gasteiger partial charge in [-0.2, -0.15) is 5.10 Å². The third kappa shape index (κ3) is 4.62. The molecule has 15 heavy (non-hydrogen) atoms. The van der Waals surface area contributed by atoms with Crippen LogP contribution in [-0.4, -0.2) is 24.5 Å². The predicted molar refractivity (Wildman–Crippen MR) is 65.8 cm³/mol. The summed E-state index contributed by atoms with van der Waals surface area (Å²) in [6.45, 7) is 12.6. The molecular formula is C11H22N2OSi. The second-order valence-corrected chi connectivity index (χ2v) is 10.9. The summed E-state index contributed by atoms with van der Waals surface area (Å²) in [5, 5.41) is 4.35. The Hall–Kier alpha value is -0.613. The maximum Gasteiger partial charge on any atom is 0.139 e. The number of aromatic nitrogens is 2. The monoisotopic (exact) mass is 226 g/mol. The van der Waals surface area contributed by atoms with Gasteiger partial charge in [0.25, 0.3) is 0 Å². The summed E-state index contributed by atoms with van der Waals surface area (Å²) in [7, 11) is -0.958. The summed E-state index contributed by atoms with van der Waals surface area (Å²) in [6, 6.07) is 3.29. The van der Waals surface area contributed by atoms with Gasteiger partial charge in [0.1, 0.15) is 6.73 Å². The minimum absolute atomic E-state index is 0.587. The molecule has 0 unspecified atom stereocenters. The van der Waals surface area contributed by atoms with Crippen LogP contribution in [-0.2, 0) is 11.5 Å². The molecule has 4 heteroatoms. The molecule has 86 valence electrons. The van der Waals surface area contributed by atoms with Crippen molar-refractivity contribution in [2.45, 2.75) is 46.3 Å². The molecular weight excluding hydrogens is 204 g/mol. The largest absolute Gasteiger partial charge is 0.360 e. The lowest BCUT2D eigenvalue weighted by Crippen LogP contribution is -2.22. The average Bonchev–Trinajstić information content (AvgIpc) is 2.37. The van der Waals surface area contributed by atoms with Crippen molar-refractivity contribution in [3.8, 4) is 0 Å². The van der Waals surface area contributed by atoms with E-state index in [-0.39, 0.29) is 0 Å². The van der Waals surface area contributed by atoms with Crippen molar-refractivity contribution >= 4 is 8.07 Å². The SMILES string of the molecule is Cc1cc(C)n(COCC[Si](C)(C)C)n1. The molecule has 1 rings (SSSR count). The van der Waals surface area contributed by atoms with Crippen molar-refractivity contribution in [1.29, 1.82) is 0 Å². The Bertz CT molecular complexity index is 315. The van der Waals surface area contributed by atoms with E-state index in [2.05, 4.69) is 37.7 Å². The van der Waals surface area contributed by atoms with E-state index in [9.17, 15) is 0 Å². The molecule has 0 aliphatic heterocycles. The number of aryl methyl sites for hydroxylation is 2. The van der Waals surface area contributed by atoms with Gasteiger partial charge in [0.2, 0.25) is 0 Å². The fourth-order valence-electron chi connectivity index (χ4n) is 1.34. The molecule has 0 aliphatic carbocycles. The van der Waals surface area contributed by atoms with Crippen LogP contribution in [0.5, 0.6) is 0 Å². The van der Waals surface area contributed by atoms with Gasteiger partial charge in [0.15, 0.2) is 0 Å². The Labute approximate surface area is 93.5 Å². The molecule has 1 heterocycles. The molecule has 0 amide bonds. The van der Waals surface area contributed by atoms with E-state index in [1.807, 2.05) is 11.6 Å². The van der Waals surface area contributed by atoms with Gasteiger partial charge in [-0.3, -0.25) is 0 Å². The van der Waals surface area contributed by atoms with Crippen LogP contribution in [0.15, 0.2) is 6.07 Å². The van der Waals surface area contributed by atoms with E-state index in [0.717, 1.165) is 12.3 Å². The van der Waals surface area contributed by atoms with E-state index in [1.165, 1.54) is 11.7 Å². The van der Waals surface area contributed by atoms with Crippen LogP contribution >= 0.6 is 0 Å². The molecule has 0 atom stereocenters. The van der Waals surface area contributed by atoms with Crippen LogP contribution in [0.4, 0.5) is 0 Å². The number of nitrogens with zero attached hydrogens (tertiary/aromatic N) is 2. The van der Waals surface area contributed by atoms with Crippen molar-refractivity contribution in [2.75, 3.05) is 6.61 Å². The molecule has 0 aromatic carbocycles. The summed E-state index contributed by atoms with van der Waals surface area (Å²) in [5.41, 5.74) is 2.22. The summed E-state index contributed by atoms with van der Waals surface area (Å²) in [5.74, 6) is 0. The van der Waals surface area contributed by atoms with Gasteiger partial charge in [-0.1, -0.05) is 19.6 Å². The Kier molecular flexibility index (Phi) is 4.10. The van der Waals surface area contributed by atoms with Gasteiger partial charge >= 0.3 is 0 Å². The minimum Gasteiger partial charge on any atom is -0.360 e. The van der Waals surface area contributed by atoms with Crippen LogP contribution in [0.2, 0.25) is 25.7 Å². The Morgan fingerprint density at radius 2 is 2.00 bits per heavy atom. The molecule has 0 saturated carbocycles. The Balaban J connectivity index is 2.29. The Morgan fingerprint density at radius 1 is 1.33 bits per heavy atom. The fourth-order valence-corrected chi connectivity index (χ4v) is 2.09. The van der Waals surface area contributed by atoms with E-state index >= 15 is 0 Å². The third-order valence-corrected chi connectivity index (χ3v) is 4.02. The maximum absolute atomic E-state index is 5.63. The predicted octanol–water partition coefficient (Wildman–Crippen LogP) is 2.81. The maximum atomic E-state index is 5.63. The van der Waals surface area contributed by atoms with Crippen LogP contribution in [0.1, 0.15) is 11.4 Å². The highest BCUT2D eigenvalue weighted by atomic mass is 28.3. The molecule has 3 nitrogen and oxygen atoms in total. The van der Waals surface area contributed by atoms with E-state index in [0.29, 0.717) is 6.73 Å². The van der Waals surface area contributed by atoms with Crippen molar-refractivity contribution in [1.82, 2.24) is 9.78 Å². The van der Waals surface area contributed by atoms with Gasteiger partial charge in [0, 0.05) is 20.4 Å². The van der Waals surface area contributed by atoms with Gasteiger partial charge in [-0.15, -0.1) is 0 Å². The van der Waals surface area contributed by atoms with Crippen molar-refractivity contribution in [2.24, 2.45) is 0 Å². The molecule has 0 aliphatic rings. The molecule has 0 saturated heterocycles. The van der Waals surface area contributed by atoms with Crippen LogP contribution in [0, 0.1) is 13.8 Å². The number of hydrogen-bond donors (Lipinski definition) is 0. The standard InChI is InChI=1S/C11H22N2OSi/c1-10-8-11(2)13(12-10)9-14-6-7-15(3,4)5/h8H,6-7,9H2,1-5H3. The number of ether oxygens (including phenoxy) is 1. The number of hydrogen-bond acceptors (Lipinski definition) is 2. The Morgan fingerprint density at radius 3 is 2.47 bits per heavy atom. The lowest BCUT2D eigenvalue weighted by molar-refractivity contribution is 0.0769. The van der Waals surface area contributed by atoms with E-state index in [1.54, 1.807) is 0 Å². The highest BCUT2D eigenvalue weighted by Gasteiger charge is 2.12. The topological polar surface area (TPSA) is 27.1 Å². The molecule has 1 aromatic heterocycles. The van der Waals surface area contributed by atoms with Gasteiger partial charge < -0.3 is 4.74 Å². The molecule has 0 fully saturated rings. The van der Waals surface area contributed by atoms with Gasteiger partial charge in [0.05, 0.1) is 5.69 Å². The van der Waals surface area contributed by atoms with Crippen molar-refractivity contribution in [3.05, 3.63) is 17.5 Å². The van der Waals surface area contributed by atoms with Crippen molar-refractivity contribution in [3.63, 3.8) is 0 Å². The zero-order valence-corrected chi connectivity index (χ0v) is 11.5. The highest BCUT2D eigenvalue weighted by molar-refractivity contribution is 6.76. The first-order valence-corrected chi connectivity index (χ1v) is 9.18. The minimum atomic E-state index is -0.958. The second kappa shape index (κ2) is 4.94. The molecule has 0 radical (unpaired) electrons. The molecule has 0 N–H and O–H groups in total. The lowest BCUT2D eigenvalue weighted by atomic mass is 10.4. The van der Waals surface area contributed by atoms with Crippen molar-refractivity contribution < 1.29 is 4.74 Å². The average molecular weight is 226 g/mol. The third-order valence-electron chi connectivity index (χ3n) is 2.31. The van der Waals surface area contributed by atoms with Crippen LogP contribution in [0.25, 0.3) is 0 Å². The first-order valence-electron chi connectivity index (χ1n) is 5.47. The first kappa shape index (κ1) is 12.5. The normalized spacial score (nSPS) is 12.1. The summed E-state index contributed by atoms with van der Waals surface area (Å²) in [4.78, 5) is 0. The molecule has 0 spiro atoms. The summed E-state index contributed by atoms with van der Waals surface area (Å²) >= 11 is 0. The smallest absolute Gasteiger partial charge is 0.139 e. The zero-order valence-electron chi connectivity index (χ0n) is 10.5. The van der Waals surface area contributed by atoms with Crippen LogP contribution in [0.3, 0.4) is 0 Å².